The topological polar surface area (TPSA) is 24.1 Å². The van der Waals surface area contributed by atoms with E-state index in [0.29, 0.717) is 0 Å². The van der Waals surface area contributed by atoms with Gasteiger partial charge in [-0.2, -0.15) is 0 Å². The molecule has 0 spiro atoms. The molecule has 0 bridgehead atoms. The highest BCUT2D eigenvalue weighted by atomic mass is 35.5. The molecule has 1 aromatic rings. The van der Waals surface area contributed by atoms with Crippen molar-refractivity contribution >= 4 is 17.3 Å². The Balaban J connectivity index is 2.28. The fourth-order valence-electron chi connectivity index (χ4n) is 1.27. The molecule has 0 saturated heterocycles. The van der Waals surface area contributed by atoms with E-state index in [2.05, 4.69) is 10.6 Å². The van der Waals surface area contributed by atoms with E-state index in [1.54, 1.807) is 12.1 Å². The van der Waals surface area contributed by atoms with Crippen LogP contribution in [0.25, 0.3) is 0 Å². The fraction of sp³-hybridized carbons (Fsp3) is 0.455. The summed E-state index contributed by atoms with van der Waals surface area (Å²) >= 11 is 5.65. The van der Waals surface area contributed by atoms with Crippen LogP contribution in [-0.4, -0.2) is 20.1 Å². The van der Waals surface area contributed by atoms with Gasteiger partial charge in [-0.15, -0.1) is 0 Å². The van der Waals surface area contributed by atoms with Gasteiger partial charge in [0.2, 0.25) is 0 Å². The first kappa shape index (κ1) is 12.3. The number of unbranched alkanes of at least 4 members (excludes halogenated alkanes) is 1. The average molecular weight is 231 g/mol. The summed E-state index contributed by atoms with van der Waals surface area (Å²) in [6, 6.07) is 4.67. The number of benzene rings is 1. The number of hydrogen-bond acceptors (Lipinski definition) is 2. The summed E-state index contributed by atoms with van der Waals surface area (Å²) < 4.78 is 12.8. The molecular weight excluding hydrogens is 215 g/mol. The highest BCUT2D eigenvalue weighted by molar-refractivity contribution is 6.31. The minimum Gasteiger partial charge on any atom is -0.385 e. The molecule has 15 heavy (non-hydrogen) atoms. The van der Waals surface area contributed by atoms with E-state index in [-0.39, 0.29) is 10.8 Å². The quantitative estimate of drug-likeness (QED) is 0.735. The summed E-state index contributed by atoms with van der Waals surface area (Å²) in [6.45, 7) is 1.90. The molecular formula is C11H16ClFN2. The van der Waals surface area contributed by atoms with Gasteiger partial charge in [0.25, 0.3) is 0 Å². The van der Waals surface area contributed by atoms with E-state index in [4.69, 9.17) is 11.6 Å². The molecule has 0 atom stereocenters. The van der Waals surface area contributed by atoms with Gasteiger partial charge in [0, 0.05) is 12.2 Å². The fourth-order valence-corrected chi connectivity index (χ4v) is 1.45. The third-order valence-electron chi connectivity index (χ3n) is 2.10. The van der Waals surface area contributed by atoms with Crippen LogP contribution in [0.2, 0.25) is 5.02 Å². The summed E-state index contributed by atoms with van der Waals surface area (Å²) in [5, 5.41) is 6.44. The van der Waals surface area contributed by atoms with Crippen molar-refractivity contribution in [1.82, 2.24) is 5.32 Å². The van der Waals surface area contributed by atoms with E-state index in [0.717, 1.165) is 31.6 Å². The lowest BCUT2D eigenvalue weighted by atomic mass is 10.2. The summed E-state index contributed by atoms with van der Waals surface area (Å²) in [7, 11) is 1.94. The maximum Gasteiger partial charge on any atom is 0.141 e. The van der Waals surface area contributed by atoms with Crippen LogP contribution in [0.4, 0.5) is 10.1 Å². The Hall–Kier alpha value is -0.800. The maximum absolute atomic E-state index is 12.8. The third-order valence-corrected chi connectivity index (χ3v) is 2.39. The van der Waals surface area contributed by atoms with Crippen molar-refractivity contribution in [2.24, 2.45) is 0 Å². The molecule has 0 aliphatic rings. The number of anilines is 1. The lowest BCUT2D eigenvalue weighted by Crippen LogP contribution is -2.10. The normalized spacial score (nSPS) is 10.3. The van der Waals surface area contributed by atoms with Gasteiger partial charge in [-0.1, -0.05) is 11.6 Å². The second-order valence-electron chi connectivity index (χ2n) is 3.37. The summed E-state index contributed by atoms with van der Waals surface area (Å²) in [5.41, 5.74) is 0.867. The van der Waals surface area contributed by atoms with Crippen molar-refractivity contribution in [3.63, 3.8) is 0 Å². The van der Waals surface area contributed by atoms with Gasteiger partial charge in [-0.3, -0.25) is 0 Å². The van der Waals surface area contributed by atoms with Crippen molar-refractivity contribution in [3.8, 4) is 0 Å². The van der Waals surface area contributed by atoms with Crippen molar-refractivity contribution in [3.05, 3.63) is 29.0 Å². The molecule has 4 heteroatoms. The van der Waals surface area contributed by atoms with Crippen LogP contribution in [0.3, 0.4) is 0 Å². The molecule has 0 aromatic heterocycles. The Kier molecular flexibility index (Phi) is 5.43. The van der Waals surface area contributed by atoms with Gasteiger partial charge in [0.05, 0.1) is 5.02 Å². The van der Waals surface area contributed by atoms with Crippen molar-refractivity contribution < 1.29 is 4.39 Å². The zero-order valence-electron chi connectivity index (χ0n) is 8.82. The minimum atomic E-state index is -0.377. The van der Waals surface area contributed by atoms with Crippen LogP contribution in [0, 0.1) is 5.82 Å². The largest absolute Gasteiger partial charge is 0.385 e. The highest BCUT2D eigenvalue weighted by Gasteiger charge is 1.99. The first-order chi connectivity index (χ1) is 7.24. The zero-order chi connectivity index (χ0) is 11.1. The molecule has 0 amide bonds. The lowest BCUT2D eigenvalue weighted by molar-refractivity contribution is 0.628. The molecule has 2 N–H and O–H groups in total. The van der Waals surface area contributed by atoms with Crippen LogP contribution in [0.1, 0.15) is 12.8 Å². The highest BCUT2D eigenvalue weighted by Crippen LogP contribution is 2.19. The average Bonchev–Trinajstić information content (AvgIpc) is 2.23. The van der Waals surface area contributed by atoms with E-state index in [1.807, 2.05) is 7.05 Å². The van der Waals surface area contributed by atoms with E-state index in [1.165, 1.54) is 6.07 Å². The maximum atomic E-state index is 12.8. The van der Waals surface area contributed by atoms with Crippen molar-refractivity contribution in [2.75, 3.05) is 25.5 Å². The van der Waals surface area contributed by atoms with Crippen LogP contribution in [-0.2, 0) is 0 Å². The molecule has 0 radical (unpaired) electrons. The smallest absolute Gasteiger partial charge is 0.141 e. The molecule has 1 rings (SSSR count). The molecule has 0 aliphatic heterocycles. The van der Waals surface area contributed by atoms with Crippen LogP contribution < -0.4 is 10.6 Å². The Morgan fingerprint density at radius 3 is 2.67 bits per heavy atom. The van der Waals surface area contributed by atoms with Gasteiger partial charge < -0.3 is 10.6 Å². The Labute approximate surface area is 94.8 Å². The second kappa shape index (κ2) is 6.64. The standard InChI is InChI=1S/C11H16ClFN2/c1-14-6-2-3-7-15-9-4-5-11(13)10(12)8-9/h4-5,8,14-15H,2-3,6-7H2,1H3. The Morgan fingerprint density at radius 2 is 2.00 bits per heavy atom. The van der Waals surface area contributed by atoms with Crippen LogP contribution in [0.15, 0.2) is 18.2 Å². The predicted molar refractivity (Wildman–Crippen MR) is 63.1 cm³/mol. The van der Waals surface area contributed by atoms with Crippen LogP contribution in [0.5, 0.6) is 0 Å². The number of hydrogen-bond donors (Lipinski definition) is 2. The lowest BCUT2D eigenvalue weighted by Gasteiger charge is -2.06. The Bertz CT molecular complexity index is 305. The summed E-state index contributed by atoms with van der Waals surface area (Å²) in [6.07, 6.45) is 2.20. The first-order valence-corrected chi connectivity index (χ1v) is 5.45. The molecule has 2 nitrogen and oxygen atoms in total. The monoisotopic (exact) mass is 230 g/mol. The van der Waals surface area contributed by atoms with Gasteiger partial charge in [-0.05, 0) is 44.6 Å². The zero-order valence-corrected chi connectivity index (χ0v) is 9.57. The number of rotatable bonds is 6. The third kappa shape index (κ3) is 4.49. The summed E-state index contributed by atoms with van der Waals surface area (Å²) in [4.78, 5) is 0. The molecule has 84 valence electrons. The summed E-state index contributed by atoms with van der Waals surface area (Å²) in [5.74, 6) is -0.377. The van der Waals surface area contributed by atoms with Crippen LogP contribution >= 0.6 is 11.6 Å². The van der Waals surface area contributed by atoms with Gasteiger partial charge in [-0.25, -0.2) is 4.39 Å². The first-order valence-electron chi connectivity index (χ1n) is 5.07. The predicted octanol–water partition coefficient (Wildman–Crippen LogP) is 2.89. The Morgan fingerprint density at radius 1 is 1.27 bits per heavy atom. The van der Waals surface area contributed by atoms with E-state index < -0.39 is 0 Å². The van der Waals surface area contributed by atoms with Gasteiger partial charge in [0.1, 0.15) is 5.82 Å². The molecule has 0 aliphatic carbocycles. The molecule has 1 aromatic carbocycles. The minimum absolute atomic E-state index is 0.162. The second-order valence-corrected chi connectivity index (χ2v) is 3.77. The van der Waals surface area contributed by atoms with E-state index >= 15 is 0 Å². The van der Waals surface area contributed by atoms with Gasteiger partial charge >= 0.3 is 0 Å². The molecule has 0 fully saturated rings. The molecule has 0 heterocycles. The van der Waals surface area contributed by atoms with Crippen molar-refractivity contribution in [1.29, 1.82) is 0 Å². The molecule has 0 saturated carbocycles. The molecule has 0 unspecified atom stereocenters. The van der Waals surface area contributed by atoms with Gasteiger partial charge in [0.15, 0.2) is 0 Å². The number of halogens is 2. The van der Waals surface area contributed by atoms with E-state index in [9.17, 15) is 4.39 Å². The van der Waals surface area contributed by atoms with Crippen molar-refractivity contribution in [2.45, 2.75) is 12.8 Å². The SMILES string of the molecule is CNCCCCNc1ccc(F)c(Cl)c1. The number of nitrogens with one attached hydrogen (secondary N) is 2.